The van der Waals surface area contributed by atoms with Gasteiger partial charge in [0.1, 0.15) is 0 Å². The van der Waals surface area contributed by atoms with Crippen molar-refractivity contribution in [3.63, 3.8) is 0 Å². The molecule has 0 saturated carbocycles. The van der Waals surface area contributed by atoms with E-state index in [0.717, 1.165) is 0 Å². The SMILES string of the molecule is CNCCC(=O)NCC(O)CC(C)(C)C.Cl. The third-order valence-corrected chi connectivity index (χ3v) is 1.98. The molecule has 5 heteroatoms. The molecule has 0 fully saturated rings. The van der Waals surface area contributed by atoms with Gasteiger partial charge in [0.15, 0.2) is 0 Å². The van der Waals surface area contributed by atoms with Crippen LogP contribution < -0.4 is 10.6 Å². The first kappa shape index (κ1) is 18.1. The molecular formula is C11H25ClN2O2. The second kappa shape index (κ2) is 8.79. The Morgan fingerprint density at radius 2 is 1.94 bits per heavy atom. The van der Waals surface area contributed by atoms with Gasteiger partial charge in [0.25, 0.3) is 0 Å². The maximum atomic E-state index is 11.2. The van der Waals surface area contributed by atoms with Gasteiger partial charge in [0.05, 0.1) is 6.10 Å². The zero-order valence-corrected chi connectivity index (χ0v) is 11.5. The van der Waals surface area contributed by atoms with Crippen LogP contribution in [-0.4, -0.2) is 37.3 Å². The molecule has 98 valence electrons. The number of amides is 1. The minimum absolute atomic E-state index is 0. The molecule has 0 aliphatic rings. The topological polar surface area (TPSA) is 61.4 Å². The summed E-state index contributed by atoms with van der Waals surface area (Å²) in [6.45, 7) is 7.22. The molecule has 1 unspecified atom stereocenters. The van der Waals surface area contributed by atoms with E-state index in [1.165, 1.54) is 0 Å². The summed E-state index contributed by atoms with van der Waals surface area (Å²) in [5, 5.41) is 15.2. The Hall–Kier alpha value is -0.320. The predicted molar refractivity (Wildman–Crippen MR) is 68.9 cm³/mol. The largest absolute Gasteiger partial charge is 0.391 e. The Balaban J connectivity index is 0. The van der Waals surface area contributed by atoms with Gasteiger partial charge in [0, 0.05) is 19.5 Å². The fourth-order valence-electron chi connectivity index (χ4n) is 1.34. The summed E-state index contributed by atoms with van der Waals surface area (Å²) in [6.07, 6.45) is 0.696. The minimum Gasteiger partial charge on any atom is -0.391 e. The molecule has 0 aromatic heterocycles. The van der Waals surface area contributed by atoms with Crippen LogP contribution in [0.4, 0.5) is 0 Å². The minimum atomic E-state index is -0.455. The lowest BCUT2D eigenvalue weighted by molar-refractivity contribution is -0.121. The molecule has 0 saturated heterocycles. The molecule has 0 spiro atoms. The van der Waals surface area contributed by atoms with E-state index in [-0.39, 0.29) is 23.7 Å². The molecular weight excluding hydrogens is 228 g/mol. The van der Waals surface area contributed by atoms with Gasteiger partial charge >= 0.3 is 0 Å². The normalized spacial score (nSPS) is 12.8. The third kappa shape index (κ3) is 11.8. The van der Waals surface area contributed by atoms with Crippen LogP contribution in [0.3, 0.4) is 0 Å². The highest BCUT2D eigenvalue weighted by atomic mass is 35.5. The molecule has 0 aromatic rings. The number of nitrogens with one attached hydrogen (secondary N) is 2. The molecule has 0 aromatic carbocycles. The van der Waals surface area contributed by atoms with Gasteiger partial charge in [-0.05, 0) is 18.9 Å². The first-order valence-electron chi connectivity index (χ1n) is 5.44. The van der Waals surface area contributed by atoms with Gasteiger partial charge in [-0.3, -0.25) is 4.79 Å². The molecule has 0 heterocycles. The number of halogens is 1. The summed E-state index contributed by atoms with van der Waals surface area (Å²) in [5.74, 6) is -0.0164. The highest BCUT2D eigenvalue weighted by molar-refractivity contribution is 5.85. The molecule has 0 aliphatic carbocycles. The molecule has 1 amide bonds. The fraction of sp³-hybridized carbons (Fsp3) is 0.909. The van der Waals surface area contributed by atoms with E-state index < -0.39 is 6.10 Å². The maximum Gasteiger partial charge on any atom is 0.221 e. The Morgan fingerprint density at radius 3 is 2.38 bits per heavy atom. The monoisotopic (exact) mass is 252 g/mol. The smallest absolute Gasteiger partial charge is 0.221 e. The lowest BCUT2D eigenvalue weighted by atomic mass is 9.89. The van der Waals surface area contributed by atoms with Crippen LogP contribution in [0.5, 0.6) is 0 Å². The summed E-state index contributed by atoms with van der Waals surface area (Å²) in [5.41, 5.74) is 0.0924. The molecule has 16 heavy (non-hydrogen) atoms. The Kier molecular flexibility index (Phi) is 9.92. The number of hydrogen-bond acceptors (Lipinski definition) is 3. The van der Waals surface area contributed by atoms with Crippen molar-refractivity contribution >= 4 is 18.3 Å². The van der Waals surface area contributed by atoms with E-state index in [9.17, 15) is 9.90 Å². The summed E-state index contributed by atoms with van der Waals surface area (Å²) < 4.78 is 0. The Bertz CT molecular complexity index is 193. The summed E-state index contributed by atoms with van der Waals surface area (Å²) in [6, 6.07) is 0. The first-order chi connectivity index (χ1) is 6.85. The van der Waals surface area contributed by atoms with Crippen molar-refractivity contribution < 1.29 is 9.90 Å². The first-order valence-corrected chi connectivity index (χ1v) is 5.44. The van der Waals surface area contributed by atoms with Gasteiger partial charge in [-0.1, -0.05) is 20.8 Å². The molecule has 0 rings (SSSR count). The quantitative estimate of drug-likeness (QED) is 0.659. The Labute approximate surface area is 105 Å². The number of hydrogen-bond donors (Lipinski definition) is 3. The van der Waals surface area contributed by atoms with Gasteiger partial charge < -0.3 is 15.7 Å². The van der Waals surface area contributed by atoms with Crippen molar-refractivity contribution in [3.8, 4) is 0 Å². The lowest BCUT2D eigenvalue weighted by Gasteiger charge is -2.22. The fourth-order valence-corrected chi connectivity index (χ4v) is 1.34. The summed E-state index contributed by atoms with van der Waals surface area (Å²) >= 11 is 0. The van der Waals surface area contributed by atoms with Crippen LogP contribution in [0.1, 0.15) is 33.6 Å². The second-order valence-electron chi connectivity index (χ2n) is 5.08. The Morgan fingerprint density at radius 1 is 1.38 bits per heavy atom. The van der Waals surface area contributed by atoms with Crippen LogP contribution >= 0.6 is 12.4 Å². The van der Waals surface area contributed by atoms with Crippen molar-refractivity contribution in [3.05, 3.63) is 0 Å². The highest BCUT2D eigenvalue weighted by Crippen LogP contribution is 2.20. The van der Waals surface area contributed by atoms with E-state index in [0.29, 0.717) is 25.9 Å². The number of carbonyl (C=O) groups is 1. The van der Waals surface area contributed by atoms with E-state index in [1.54, 1.807) is 0 Å². The van der Waals surface area contributed by atoms with Crippen molar-refractivity contribution in [2.45, 2.75) is 39.7 Å². The maximum absolute atomic E-state index is 11.2. The van der Waals surface area contributed by atoms with E-state index >= 15 is 0 Å². The molecule has 0 radical (unpaired) electrons. The molecule has 0 bridgehead atoms. The third-order valence-electron chi connectivity index (χ3n) is 1.98. The zero-order chi connectivity index (χ0) is 11.9. The lowest BCUT2D eigenvalue weighted by Crippen LogP contribution is -2.35. The highest BCUT2D eigenvalue weighted by Gasteiger charge is 2.16. The van der Waals surface area contributed by atoms with Crippen LogP contribution in [0.25, 0.3) is 0 Å². The van der Waals surface area contributed by atoms with Crippen LogP contribution in [-0.2, 0) is 4.79 Å². The van der Waals surface area contributed by atoms with Crippen molar-refractivity contribution in [1.82, 2.24) is 10.6 Å². The average molecular weight is 253 g/mol. The van der Waals surface area contributed by atoms with Crippen LogP contribution in [0, 0.1) is 5.41 Å². The van der Waals surface area contributed by atoms with Crippen molar-refractivity contribution in [2.24, 2.45) is 5.41 Å². The predicted octanol–water partition coefficient (Wildman–Crippen LogP) is 0.931. The van der Waals surface area contributed by atoms with Crippen LogP contribution in [0.15, 0.2) is 0 Å². The van der Waals surface area contributed by atoms with Gasteiger partial charge in [-0.25, -0.2) is 0 Å². The van der Waals surface area contributed by atoms with Gasteiger partial charge in [0.2, 0.25) is 5.91 Å². The van der Waals surface area contributed by atoms with E-state index in [4.69, 9.17) is 0 Å². The number of aliphatic hydroxyl groups excluding tert-OH is 1. The van der Waals surface area contributed by atoms with Crippen molar-refractivity contribution in [2.75, 3.05) is 20.1 Å². The zero-order valence-electron chi connectivity index (χ0n) is 10.7. The molecule has 1 atom stereocenters. The molecule has 3 N–H and O–H groups in total. The number of carbonyl (C=O) groups excluding carboxylic acids is 1. The van der Waals surface area contributed by atoms with Gasteiger partial charge in [-0.15, -0.1) is 12.4 Å². The standard InChI is InChI=1S/C11H24N2O2.ClH/c1-11(2,3)7-9(14)8-13-10(15)5-6-12-4;/h9,12,14H,5-8H2,1-4H3,(H,13,15);1H. The summed E-state index contributed by atoms with van der Waals surface area (Å²) in [4.78, 5) is 11.2. The number of rotatable bonds is 6. The second-order valence-corrected chi connectivity index (χ2v) is 5.08. The van der Waals surface area contributed by atoms with E-state index in [1.807, 2.05) is 7.05 Å². The summed E-state index contributed by atoms with van der Waals surface area (Å²) in [7, 11) is 1.81. The van der Waals surface area contributed by atoms with Crippen LogP contribution in [0.2, 0.25) is 0 Å². The van der Waals surface area contributed by atoms with Gasteiger partial charge in [-0.2, -0.15) is 0 Å². The van der Waals surface area contributed by atoms with Crippen molar-refractivity contribution in [1.29, 1.82) is 0 Å². The molecule has 0 aliphatic heterocycles. The number of aliphatic hydroxyl groups is 1. The average Bonchev–Trinajstić information content (AvgIpc) is 2.08. The molecule has 4 nitrogen and oxygen atoms in total. The van der Waals surface area contributed by atoms with E-state index in [2.05, 4.69) is 31.4 Å².